The van der Waals surface area contributed by atoms with Gasteiger partial charge in [-0.25, -0.2) is 9.18 Å². The van der Waals surface area contributed by atoms with Gasteiger partial charge in [-0.05, 0) is 23.8 Å². The lowest BCUT2D eigenvalue weighted by molar-refractivity contribution is 0.0697. The molecule has 1 N–H and O–H groups in total. The number of carboxylic acid groups (broad SMARTS) is 1. The van der Waals surface area contributed by atoms with Gasteiger partial charge in [0.2, 0.25) is 0 Å². The van der Waals surface area contributed by atoms with Crippen molar-refractivity contribution in [3.63, 3.8) is 0 Å². The quantitative estimate of drug-likeness (QED) is 0.891. The Kier molecular flexibility index (Phi) is 3.06. The molecule has 0 aliphatic carbocycles. The lowest BCUT2D eigenvalue weighted by Gasteiger charge is -2.04. The molecule has 2 rings (SSSR count). The largest absolute Gasteiger partial charge is 0.478 e. The molecule has 0 spiro atoms. The maximum absolute atomic E-state index is 13.0. The first-order valence-electron chi connectivity index (χ1n) is 4.71. The second-order valence-corrected chi connectivity index (χ2v) is 3.80. The average Bonchev–Trinajstić information content (AvgIpc) is 2.29. The zero-order valence-electron chi connectivity index (χ0n) is 8.52. The topological polar surface area (TPSA) is 50.2 Å². The van der Waals surface area contributed by atoms with Crippen molar-refractivity contribution in [1.82, 2.24) is 4.98 Å². The third kappa shape index (κ3) is 2.42. The van der Waals surface area contributed by atoms with Crippen molar-refractivity contribution in [3.05, 3.63) is 53.1 Å². The fourth-order valence-electron chi connectivity index (χ4n) is 1.44. The maximum Gasteiger partial charge on any atom is 0.337 e. The molecule has 3 nitrogen and oxygen atoms in total. The predicted molar refractivity (Wildman–Crippen MR) is 61.6 cm³/mol. The second-order valence-electron chi connectivity index (χ2n) is 3.39. The molecule has 0 saturated heterocycles. The van der Waals surface area contributed by atoms with Gasteiger partial charge in [-0.3, -0.25) is 4.98 Å². The van der Waals surface area contributed by atoms with E-state index in [0.29, 0.717) is 11.1 Å². The summed E-state index contributed by atoms with van der Waals surface area (Å²) >= 11 is 5.74. The first-order valence-corrected chi connectivity index (χ1v) is 5.09. The van der Waals surface area contributed by atoms with Gasteiger partial charge < -0.3 is 5.11 Å². The molecule has 5 heteroatoms. The van der Waals surface area contributed by atoms with E-state index in [9.17, 15) is 9.18 Å². The summed E-state index contributed by atoms with van der Waals surface area (Å²) in [6, 6.07) is 5.75. The van der Waals surface area contributed by atoms with Gasteiger partial charge in [0, 0.05) is 11.8 Å². The summed E-state index contributed by atoms with van der Waals surface area (Å²) < 4.78 is 13.0. The van der Waals surface area contributed by atoms with Gasteiger partial charge in [0.05, 0.1) is 16.8 Å². The Morgan fingerprint density at radius 1 is 1.24 bits per heavy atom. The summed E-state index contributed by atoms with van der Waals surface area (Å²) in [5.74, 6) is -1.60. The van der Waals surface area contributed by atoms with E-state index in [2.05, 4.69) is 4.98 Å². The van der Waals surface area contributed by atoms with Gasteiger partial charge in [0.15, 0.2) is 0 Å². The normalized spacial score (nSPS) is 10.2. The van der Waals surface area contributed by atoms with Crippen LogP contribution in [-0.4, -0.2) is 16.1 Å². The lowest BCUT2D eigenvalue weighted by atomic mass is 10.0. The van der Waals surface area contributed by atoms with Gasteiger partial charge in [0.25, 0.3) is 0 Å². The van der Waals surface area contributed by atoms with Crippen molar-refractivity contribution in [1.29, 1.82) is 0 Å². The second kappa shape index (κ2) is 4.51. The molecule has 1 aromatic carbocycles. The minimum Gasteiger partial charge on any atom is -0.478 e. The first kappa shape index (κ1) is 11.5. The lowest BCUT2D eigenvalue weighted by Crippen LogP contribution is -1.97. The highest BCUT2D eigenvalue weighted by atomic mass is 35.5. The number of rotatable bonds is 2. The smallest absolute Gasteiger partial charge is 0.337 e. The molecule has 2 aromatic rings. The van der Waals surface area contributed by atoms with Crippen LogP contribution >= 0.6 is 11.6 Å². The molecule has 0 aliphatic heterocycles. The van der Waals surface area contributed by atoms with Gasteiger partial charge >= 0.3 is 5.97 Å². The Morgan fingerprint density at radius 3 is 2.65 bits per heavy atom. The van der Waals surface area contributed by atoms with Crippen LogP contribution in [-0.2, 0) is 0 Å². The maximum atomic E-state index is 13.0. The summed E-state index contributed by atoms with van der Waals surface area (Å²) in [6.07, 6.45) is 2.54. The van der Waals surface area contributed by atoms with Gasteiger partial charge in [-0.15, -0.1) is 0 Å². The molecule has 17 heavy (non-hydrogen) atoms. The zero-order valence-corrected chi connectivity index (χ0v) is 9.28. The van der Waals surface area contributed by atoms with Crippen molar-refractivity contribution in [2.75, 3.05) is 0 Å². The number of hydrogen-bond acceptors (Lipinski definition) is 2. The van der Waals surface area contributed by atoms with Crippen LogP contribution in [0.4, 0.5) is 4.39 Å². The summed E-state index contributed by atoms with van der Waals surface area (Å²) in [5.41, 5.74) is 1.04. The Morgan fingerprint density at radius 2 is 2.00 bits per heavy atom. The Labute approximate surface area is 101 Å². The van der Waals surface area contributed by atoms with Crippen molar-refractivity contribution in [2.24, 2.45) is 0 Å². The summed E-state index contributed by atoms with van der Waals surface area (Å²) in [4.78, 5) is 14.6. The SMILES string of the molecule is O=C(O)c1cc(-c2cncc(F)c2)ccc1Cl. The highest BCUT2D eigenvalue weighted by molar-refractivity contribution is 6.33. The Bertz CT molecular complexity index is 586. The molecule has 0 bridgehead atoms. The van der Waals surface area contributed by atoms with Crippen LogP contribution in [0.5, 0.6) is 0 Å². The van der Waals surface area contributed by atoms with Gasteiger partial charge in [0.1, 0.15) is 5.82 Å². The predicted octanol–water partition coefficient (Wildman–Crippen LogP) is 3.24. The van der Waals surface area contributed by atoms with Gasteiger partial charge in [-0.1, -0.05) is 17.7 Å². The van der Waals surface area contributed by atoms with Crippen LogP contribution in [0.25, 0.3) is 11.1 Å². The van der Waals surface area contributed by atoms with Crippen molar-refractivity contribution in [2.45, 2.75) is 0 Å². The van der Waals surface area contributed by atoms with Crippen LogP contribution < -0.4 is 0 Å². The summed E-state index contributed by atoms with van der Waals surface area (Å²) in [7, 11) is 0. The fourth-order valence-corrected chi connectivity index (χ4v) is 1.64. The van der Waals surface area contributed by atoms with E-state index in [1.54, 1.807) is 6.07 Å². The molecule has 1 aromatic heterocycles. The number of nitrogens with zero attached hydrogens (tertiary/aromatic N) is 1. The minimum absolute atomic E-state index is 0.0200. The molecule has 1 heterocycles. The average molecular weight is 252 g/mol. The van der Waals surface area contributed by atoms with Crippen LogP contribution in [0.1, 0.15) is 10.4 Å². The van der Waals surface area contributed by atoms with Crippen LogP contribution in [0, 0.1) is 5.82 Å². The number of benzene rings is 1. The van der Waals surface area contributed by atoms with Crippen molar-refractivity contribution >= 4 is 17.6 Å². The number of carboxylic acids is 1. The molecule has 0 aliphatic rings. The fraction of sp³-hybridized carbons (Fsp3) is 0. The third-order valence-corrected chi connectivity index (χ3v) is 2.56. The molecular formula is C12H7ClFNO2. The van der Waals surface area contributed by atoms with Crippen LogP contribution in [0.2, 0.25) is 5.02 Å². The highest BCUT2D eigenvalue weighted by Crippen LogP contribution is 2.25. The van der Waals surface area contributed by atoms with E-state index >= 15 is 0 Å². The molecule has 0 saturated carbocycles. The zero-order chi connectivity index (χ0) is 12.4. The monoisotopic (exact) mass is 251 g/mol. The highest BCUT2D eigenvalue weighted by Gasteiger charge is 2.10. The van der Waals surface area contributed by atoms with E-state index in [0.717, 1.165) is 6.20 Å². The van der Waals surface area contributed by atoms with Crippen molar-refractivity contribution < 1.29 is 14.3 Å². The number of halogens is 2. The molecule has 0 atom stereocenters. The first-order chi connectivity index (χ1) is 8.08. The summed E-state index contributed by atoms with van der Waals surface area (Å²) in [5, 5.41) is 9.06. The van der Waals surface area contributed by atoms with E-state index < -0.39 is 11.8 Å². The molecular weight excluding hydrogens is 245 g/mol. The Hall–Kier alpha value is -1.94. The number of aromatic nitrogens is 1. The van der Waals surface area contributed by atoms with Crippen LogP contribution in [0.15, 0.2) is 36.7 Å². The molecule has 0 fully saturated rings. The van der Waals surface area contributed by atoms with E-state index in [-0.39, 0.29) is 10.6 Å². The van der Waals surface area contributed by atoms with E-state index in [1.165, 1.54) is 24.4 Å². The number of aromatic carboxylic acids is 1. The molecule has 86 valence electrons. The summed E-state index contributed by atoms with van der Waals surface area (Å²) in [6.45, 7) is 0. The standard InChI is InChI=1S/C12H7ClFNO2/c13-11-2-1-7(4-10(11)12(16)17)8-3-9(14)6-15-5-8/h1-6H,(H,16,17). The molecule has 0 amide bonds. The molecule has 0 radical (unpaired) electrons. The third-order valence-electron chi connectivity index (χ3n) is 2.23. The molecule has 0 unspecified atom stereocenters. The van der Waals surface area contributed by atoms with E-state index in [4.69, 9.17) is 16.7 Å². The minimum atomic E-state index is -1.12. The number of carbonyl (C=O) groups is 1. The van der Waals surface area contributed by atoms with Crippen LogP contribution in [0.3, 0.4) is 0 Å². The van der Waals surface area contributed by atoms with Crippen molar-refractivity contribution in [3.8, 4) is 11.1 Å². The number of pyridine rings is 1. The van der Waals surface area contributed by atoms with E-state index in [1.807, 2.05) is 0 Å². The number of hydrogen-bond donors (Lipinski definition) is 1. The Balaban J connectivity index is 2.54. The van der Waals surface area contributed by atoms with Gasteiger partial charge in [-0.2, -0.15) is 0 Å².